The molecular weight excluding hydrogens is 246 g/mol. The van der Waals surface area contributed by atoms with Gasteiger partial charge in [0.25, 0.3) is 5.56 Å². The van der Waals surface area contributed by atoms with Gasteiger partial charge in [0.1, 0.15) is 11.4 Å². The highest BCUT2D eigenvalue weighted by molar-refractivity contribution is 5.85. The summed E-state index contributed by atoms with van der Waals surface area (Å²) in [6.07, 6.45) is 0. The Morgan fingerprint density at radius 1 is 1.42 bits per heavy atom. The average molecular weight is 261 g/mol. The van der Waals surface area contributed by atoms with Crippen LogP contribution in [0.25, 0.3) is 10.9 Å². The van der Waals surface area contributed by atoms with Crippen molar-refractivity contribution in [3.63, 3.8) is 0 Å². The number of hydrogen-bond acceptors (Lipinski definition) is 4. The molecule has 0 atom stereocenters. The monoisotopic (exact) mass is 261 g/mol. The summed E-state index contributed by atoms with van der Waals surface area (Å²) < 4.78 is 0. The maximum atomic E-state index is 11.8. The second-order valence-corrected chi connectivity index (χ2v) is 4.94. The van der Waals surface area contributed by atoms with E-state index in [1.165, 1.54) is 0 Å². The number of aliphatic carboxylic acids is 1. The molecule has 2 rings (SSSR count). The molecule has 19 heavy (non-hydrogen) atoms. The first-order chi connectivity index (χ1) is 8.79. The highest BCUT2D eigenvalue weighted by Gasteiger charge is 2.26. The molecule has 0 aliphatic carbocycles. The standard InChI is InChI=1S/C13H15N3O3/c1-7-14-10-5-4-8(6-9(10)11(17)15-7)16-13(2,3)12(18)19/h4-6,16H,1-3H3,(H,18,19)(H,14,15,17). The summed E-state index contributed by atoms with van der Waals surface area (Å²) in [6.45, 7) is 4.81. The largest absolute Gasteiger partial charge is 0.480 e. The fourth-order valence-corrected chi connectivity index (χ4v) is 1.75. The van der Waals surface area contributed by atoms with Gasteiger partial charge < -0.3 is 15.4 Å². The molecule has 100 valence electrons. The van der Waals surface area contributed by atoms with E-state index in [4.69, 9.17) is 5.11 Å². The first-order valence-corrected chi connectivity index (χ1v) is 5.82. The zero-order valence-corrected chi connectivity index (χ0v) is 10.9. The van der Waals surface area contributed by atoms with Gasteiger partial charge in [-0.1, -0.05) is 0 Å². The summed E-state index contributed by atoms with van der Waals surface area (Å²) >= 11 is 0. The molecular formula is C13H15N3O3. The molecule has 6 heteroatoms. The Labute approximate surface area is 109 Å². The third kappa shape index (κ3) is 2.57. The van der Waals surface area contributed by atoms with Gasteiger partial charge in [-0.25, -0.2) is 9.78 Å². The molecule has 2 aromatic rings. The number of aromatic amines is 1. The van der Waals surface area contributed by atoms with Crippen LogP contribution in [-0.2, 0) is 4.79 Å². The van der Waals surface area contributed by atoms with Crippen LogP contribution >= 0.6 is 0 Å². The van der Waals surface area contributed by atoms with E-state index in [1.54, 1.807) is 39.0 Å². The highest BCUT2D eigenvalue weighted by Crippen LogP contribution is 2.19. The number of rotatable bonds is 3. The number of aromatic nitrogens is 2. The molecule has 1 aromatic carbocycles. The van der Waals surface area contributed by atoms with Crippen LogP contribution in [-0.4, -0.2) is 26.6 Å². The Balaban J connectivity index is 2.48. The van der Waals surface area contributed by atoms with E-state index in [0.29, 0.717) is 22.4 Å². The van der Waals surface area contributed by atoms with Crippen LogP contribution in [0.4, 0.5) is 5.69 Å². The maximum Gasteiger partial charge on any atom is 0.328 e. The number of carbonyl (C=O) groups is 1. The van der Waals surface area contributed by atoms with Crippen molar-refractivity contribution in [3.8, 4) is 0 Å². The third-order valence-corrected chi connectivity index (χ3v) is 2.82. The lowest BCUT2D eigenvalue weighted by Crippen LogP contribution is -2.39. The fourth-order valence-electron chi connectivity index (χ4n) is 1.75. The topological polar surface area (TPSA) is 95.1 Å². The second kappa shape index (κ2) is 4.38. The van der Waals surface area contributed by atoms with Crippen molar-refractivity contribution in [2.45, 2.75) is 26.3 Å². The van der Waals surface area contributed by atoms with Crippen molar-refractivity contribution < 1.29 is 9.90 Å². The van der Waals surface area contributed by atoms with Gasteiger partial charge in [0.2, 0.25) is 0 Å². The molecule has 0 amide bonds. The normalized spacial score (nSPS) is 11.5. The van der Waals surface area contributed by atoms with Crippen LogP contribution in [0.15, 0.2) is 23.0 Å². The lowest BCUT2D eigenvalue weighted by molar-refractivity contribution is -0.141. The van der Waals surface area contributed by atoms with Gasteiger partial charge in [-0.15, -0.1) is 0 Å². The molecule has 0 unspecified atom stereocenters. The minimum absolute atomic E-state index is 0.237. The van der Waals surface area contributed by atoms with Crippen molar-refractivity contribution in [2.75, 3.05) is 5.32 Å². The lowest BCUT2D eigenvalue weighted by Gasteiger charge is -2.22. The highest BCUT2D eigenvalue weighted by atomic mass is 16.4. The minimum Gasteiger partial charge on any atom is -0.480 e. The zero-order chi connectivity index (χ0) is 14.2. The van der Waals surface area contributed by atoms with Crippen LogP contribution < -0.4 is 10.9 Å². The fraction of sp³-hybridized carbons (Fsp3) is 0.308. The van der Waals surface area contributed by atoms with Crippen molar-refractivity contribution in [1.29, 1.82) is 0 Å². The van der Waals surface area contributed by atoms with Crippen LogP contribution in [0.2, 0.25) is 0 Å². The predicted octanol–water partition coefficient (Wildman–Crippen LogP) is 1.51. The smallest absolute Gasteiger partial charge is 0.328 e. The van der Waals surface area contributed by atoms with Gasteiger partial charge in [0.05, 0.1) is 10.9 Å². The first-order valence-electron chi connectivity index (χ1n) is 5.82. The number of benzene rings is 1. The molecule has 0 saturated heterocycles. The number of nitrogens with zero attached hydrogens (tertiary/aromatic N) is 1. The van der Waals surface area contributed by atoms with Gasteiger partial charge >= 0.3 is 5.97 Å². The van der Waals surface area contributed by atoms with Crippen LogP contribution in [0.3, 0.4) is 0 Å². The zero-order valence-electron chi connectivity index (χ0n) is 10.9. The van der Waals surface area contributed by atoms with Gasteiger partial charge in [-0.2, -0.15) is 0 Å². The molecule has 0 aliphatic heterocycles. The SMILES string of the molecule is Cc1nc2ccc(NC(C)(C)C(=O)O)cc2c(=O)[nH]1. The van der Waals surface area contributed by atoms with Crippen LogP contribution in [0, 0.1) is 6.92 Å². The van der Waals surface area contributed by atoms with Gasteiger partial charge in [-0.3, -0.25) is 4.79 Å². The lowest BCUT2D eigenvalue weighted by atomic mass is 10.1. The molecule has 0 bridgehead atoms. The molecule has 0 saturated carbocycles. The van der Waals surface area contributed by atoms with Crippen molar-refractivity contribution in [3.05, 3.63) is 34.4 Å². The number of anilines is 1. The molecule has 3 N–H and O–H groups in total. The van der Waals surface area contributed by atoms with Crippen molar-refractivity contribution >= 4 is 22.6 Å². The molecule has 0 spiro atoms. The summed E-state index contributed by atoms with van der Waals surface area (Å²) in [5, 5.41) is 12.4. The van der Waals surface area contributed by atoms with Crippen molar-refractivity contribution in [1.82, 2.24) is 9.97 Å². The average Bonchev–Trinajstić information content (AvgIpc) is 2.29. The Morgan fingerprint density at radius 2 is 2.11 bits per heavy atom. The summed E-state index contributed by atoms with van der Waals surface area (Å²) in [7, 11) is 0. The molecule has 1 aromatic heterocycles. The number of H-pyrrole nitrogens is 1. The summed E-state index contributed by atoms with van der Waals surface area (Å²) in [5.41, 5.74) is -0.200. The molecule has 0 fully saturated rings. The Kier molecular flexibility index (Phi) is 3.01. The van der Waals surface area contributed by atoms with E-state index < -0.39 is 11.5 Å². The van der Waals surface area contributed by atoms with Gasteiger partial charge in [-0.05, 0) is 39.0 Å². The van der Waals surface area contributed by atoms with E-state index in [0.717, 1.165) is 0 Å². The van der Waals surface area contributed by atoms with Crippen LogP contribution in [0.5, 0.6) is 0 Å². The van der Waals surface area contributed by atoms with E-state index in [9.17, 15) is 9.59 Å². The number of aryl methyl sites for hydroxylation is 1. The number of carboxylic acid groups (broad SMARTS) is 1. The number of nitrogens with one attached hydrogen (secondary N) is 2. The predicted molar refractivity (Wildman–Crippen MR) is 72.4 cm³/mol. The minimum atomic E-state index is -1.11. The summed E-state index contributed by atoms with van der Waals surface area (Å²) in [4.78, 5) is 29.7. The Hall–Kier alpha value is -2.37. The number of carboxylic acids is 1. The molecule has 1 heterocycles. The number of fused-ring (bicyclic) bond motifs is 1. The van der Waals surface area contributed by atoms with E-state index in [2.05, 4.69) is 15.3 Å². The van der Waals surface area contributed by atoms with Crippen LogP contribution in [0.1, 0.15) is 19.7 Å². The summed E-state index contributed by atoms with van der Waals surface area (Å²) in [6, 6.07) is 5.00. The molecule has 6 nitrogen and oxygen atoms in total. The van der Waals surface area contributed by atoms with Gasteiger partial charge in [0, 0.05) is 5.69 Å². The second-order valence-electron chi connectivity index (χ2n) is 4.94. The number of hydrogen-bond donors (Lipinski definition) is 3. The quantitative estimate of drug-likeness (QED) is 0.778. The van der Waals surface area contributed by atoms with E-state index in [1.807, 2.05) is 0 Å². The Morgan fingerprint density at radius 3 is 2.74 bits per heavy atom. The molecule has 0 aliphatic rings. The van der Waals surface area contributed by atoms with E-state index in [-0.39, 0.29) is 5.56 Å². The third-order valence-electron chi connectivity index (χ3n) is 2.82. The summed E-state index contributed by atoms with van der Waals surface area (Å²) in [5.74, 6) is -0.424. The van der Waals surface area contributed by atoms with Crippen molar-refractivity contribution in [2.24, 2.45) is 0 Å². The maximum absolute atomic E-state index is 11.8. The van der Waals surface area contributed by atoms with Gasteiger partial charge in [0.15, 0.2) is 0 Å². The first kappa shape index (κ1) is 13.1. The van der Waals surface area contributed by atoms with E-state index >= 15 is 0 Å². The molecule has 0 radical (unpaired) electrons. The Bertz CT molecular complexity index is 704.